The number of piperazine rings is 1. The SMILES string of the molecule is CN1CCN(CC2COC3(CCCN(C(=O)CCc4cccnc4)C3)C2)CC1.O=C(O)C(F)(F)F.O=C(O)C(F)(F)F. The minimum absolute atomic E-state index is 0.0978. The Morgan fingerprint density at radius 3 is 2.14 bits per heavy atom. The maximum atomic E-state index is 12.8. The molecule has 4 rings (SSSR count). The molecule has 0 aliphatic carbocycles. The molecule has 1 aromatic heterocycles. The summed E-state index contributed by atoms with van der Waals surface area (Å²) in [5.41, 5.74) is 1.03. The minimum atomic E-state index is -5.08. The molecule has 4 heterocycles. The molecule has 0 bridgehead atoms. The first kappa shape index (κ1) is 35.2. The second-order valence-electron chi connectivity index (χ2n) is 10.6. The van der Waals surface area contributed by atoms with Gasteiger partial charge >= 0.3 is 24.3 Å². The molecule has 3 aliphatic heterocycles. The van der Waals surface area contributed by atoms with Crippen molar-refractivity contribution < 1.29 is 55.7 Å². The van der Waals surface area contributed by atoms with E-state index in [4.69, 9.17) is 24.5 Å². The smallest absolute Gasteiger partial charge is 0.475 e. The van der Waals surface area contributed by atoms with Gasteiger partial charge in [0.1, 0.15) is 0 Å². The van der Waals surface area contributed by atoms with Crippen LogP contribution in [0.3, 0.4) is 0 Å². The molecule has 3 fully saturated rings. The van der Waals surface area contributed by atoms with Gasteiger partial charge in [-0.2, -0.15) is 26.3 Å². The molecule has 10 nitrogen and oxygen atoms in total. The Balaban J connectivity index is 0.000000367. The topological polar surface area (TPSA) is 124 Å². The van der Waals surface area contributed by atoms with Crippen molar-refractivity contribution in [3.05, 3.63) is 30.1 Å². The van der Waals surface area contributed by atoms with Crippen LogP contribution >= 0.6 is 0 Å². The maximum absolute atomic E-state index is 12.8. The van der Waals surface area contributed by atoms with E-state index in [1.54, 1.807) is 6.20 Å². The fourth-order valence-electron chi connectivity index (χ4n) is 5.00. The molecular weight excluding hydrogens is 578 g/mol. The Hall–Kier alpha value is -2.98. The molecule has 0 aromatic carbocycles. The lowest BCUT2D eigenvalue weighted by molar-refractivity contribution is -0.193. The van der Waals surface area contributed by atoms with Gasteiger partial charge in [0.2, 0.25) is 5.91 Å². The van der Waals surface area contributed by atoms with Crippen LogP contribution < -0.4 is 0 Å². The quantitative estimate of drug-likeness (QED) is 0.482. The van der Waals surface area contributed by atoms with Gasteiger partial charge in [0, 0.05) is 64.6 Å². The van der Waals surface area contributed by atoms with Crippen LogP contribution in [0.4, 0.5) is 26.3 Å². The number of likely N-dealkylation sites (N-methyl/N-ethyl adjacent to an activating group) is 1. The first-order valence-corrected chi connectivity index (χ1v) is 13.3. The number of carboxylic acid groups (broad SMARTS) is 2. The van der Waals surface area contributed by atoms with E-state index >= 15 is 0 Å². The number of aromatic nitrogens is 1. The number of halogens is 6. The van der Waals surface area contributed by atoms with Gasteiger partial charge in [-0.3, -0.25) is 9.78 Å². The average molecular weight is 615 g/mol. The number of pyridine rings is 1. The summed E-state index contributed by atoms with van der Waals surface area (Å²) in [5.74, 6) is -4.65. The Morgan fingerprint density at radius 1 is 1.02 bits per heavy atom. The number of likely N-dealkylation sites (tertiary alicyclic amines) is 1. The molecule has 1 spiro atoms. The number of carbonyl (C=O) groups excluding carboxylic acids is 1. The molecule has 16 heteroatoms. The van der Waals surface area contributed by atoms with Crippen LogP contribution in [0.25, 0.3) is 0 Å². The lowest BCUT2D eigenvalue weighted by Crippen LogP contribution is -2.50. The van der Waals surface area contributed by atoms with Crippen molar-refractivity contribution in [2.45, 2.75) is 50.1 Å². The van der Waals surface area contributed by atoms with Gasteiger partial charge in [-0.1, -0.05) is 6.07 Å². The molecular formula is C26H36F6N4O6. The Labute approximate surface area is 239 Å². The van der Waals surface area contributed by atoms with E-state index in [2.05, 4.69) is 26.7 Å². The molecule has 0 radical (unpaired) electrons. The zero-order valence-electron chi connectivity index (χ0n) is 23.2. The predicted octanol–water partition coefficient (Wildman–Crippen LogP) is 2.93. The zero-order chi connectivity index (χ0) is 31.6. The highest BCUT2D eigenvalue weighted by atomic mass is 19.4. The Morgan fingerprint density at radius 2 is 1.62 bits per heavy atom. The van der Waals surface area contributed by atoms with E-state index in [0.29, 0.717) is 12.3 Å². The largest absolute Gasteiger partial charge is 0.490 e. The van der Waals surface area contributed by atoms with E-state index < -0.39 is 24.3 Å². The highest BCUT2D eigenvalue weighted by Gasteiger charge is 2.44. The van der Waals surface area contributed by atoms with E-state index in [1.807, 2.05) is 18.3 Å². The van der Waals surface area contributed by atoms with E-state index in [1.165, 1.54) is 13.1 Å². The van der Waals surface area contributed by atoms with Gasteiger partial charge in [0.05, 0.1) is 12.2 Å². The number of piperidine rings is 1. The number of hydrogen-bond donors (Lipinski definition) is 2. The maximum Gasteiger partial charge on any atom is 0.490 e. The molecule has 0 saturated carbocycles. The molecule has 1 aromatic rings. The van der Waals surface area contributed by atoms with Crippen LogP contribution in [0, 0.1) is 5.92 Å². The number of nitrogens with zero attached hydrogens (tertiary/aromatic N) is 4. The van der Waals surface area contributed by atoms with Gasteiger partial charge in [-0.25, -0.2) is 9.59 Å². The molecule has 2 N–H and O–H groups in total. The summed E-state index contributed by atoms with van der Waals surface area (Å²) in [4.78, 5) is 41.8. The number of carboxylic acids is 2. The van der Waals surface area contributed by atoms with Gasteiger partial charge < -0.3 is 29.6 Å². The lowest BCUT2D eigenvalue weighted by atomic mass is 9.86. The first-order valence-electron chi connectivity index (χ1n) is 13.3. The molecule has 2 unspecified atom stereocenters. The van der Waals surface area contributed by atoms with Crippen LogP contribution in [0.15, 0.2) is 24.5 Å². The Bertz CT molecular complexity index is 997. The fourth-order valence-corrected chi connectivity index (χ4v) is 5.00. The van der Waals surface area contributed by atoms with Crippen molar-refractivity contribution in [1.29, 1.82) is 0 Å². The van der Waals surface area contributed by atoms with Crippen molar-refractivity contribution in [2.75, 3.05) is 59.5 Å². The Kier molecular flexibility index (Phi) is 13.0. The first-order chi connectivity index (χ1) is 19.5. The van der Waals surface area contributed by atoms with Crippen molar-refractivity contribution in [3.63, 3.8) is 0 Å². The summed E-state index contributed by atoms with van der Waals surface area (Å²) in [7, 11) is 2.20. The van der Waals surface area contributed by atoms with E-state index in [-0.39, 0.29) is 11.5 Å². The van der Waals surface area contributed by atoms with Crippen LogP contribution in [-0.2, 0) is 25.5 Å². The monoisotopic (exact) mass is 614 g/mol. The highest BCUT2D eigenvalue weighted by Crippen LogP contribution is 2.38. The van der Waals surface area contributed by atoms with Crippen LogP contribution in [0.5, 0.6) is 0 Å². The number of alkyl halides is 6. The number of aryl methyl sites for hydroxylation is 1. The van der Waals surface area contributed by atoms with Crippen molar-refractivity contribution in [2.24, 2.45) is 5.92 Å². The third kappa shape index (κ3) is 12.1. The van der Waals surface area contributed by atoms with Crippen molar-refractivity contribution in [3.8, 4) is 0 Å². The fraction of sp³-hybridized carbons (Fsp3) is 0.692. The van der Waals surface area contributed by atoms with E-state index in [9.17, 15) is 31.1 Å². The predicted molar refractivity (Wildman–Crippen MR) is 136 cm³/mol. The number of carbonyl (C=O) groups is 3. The molecule has 2 atom stereocenters. The average Bonchev–Trinajstić information content (AvgIpc) is 3.29. The molecule has 1 amide bonds. The molecule has 238 valence electrons. The summed E-state index contributed by atoms with van der Waals surface area (Å²) < 4.78 is 69.8. The second-order valence-corrected chi connectivity index (χ2v) is 10.6. The minimum Gasteiger partial charge on any atom is -0.475 e. The standard InChI is InChI=1S/C22H34N4O2.2C2HF3O2/c1-24-10-12-25(13-11-24)16-20-14-22(28-17-20)7-3-9-26(18-22)21(27)6-5-19-4-2-8-23-15-19;2*3-2(4,5)1(6)7/h2,4,8,15,20H,3,5-7,9-14,16-18H2,1H3;2*(H,6,7). The molecule has 3 saturated heterocycles. The third-order valence-corrected chi connectivity index (χ3v) is 7.13. The van der Waals surface area contributed by atoms with Gasteiger partial charge in [0.25, 0.3) is 0 Å². The summed E-state index contributed by atoms with van der Waals surface area (Å²) in [6.07, 6.45) is -1.95. The van der Waals surface area contributed by atoms with Gasteiger partial charge in [-0.05, 0) is 50.3 Å². The third-order valence-electron chi connectivity index (χ3n) is 7.13. The van der Waals surface area contributed by atoms with E-state index in [0.717, 1.165) is 70.6 Å². The normalized spacial score (nSPS) is 23.4. The molecule has 42 heavy (non-hydrogen) atoms. The summed E-state index contributed by atoms with van der Waals surface area (Å²) >= 11 is 0. The second kappa shape index (κ2) is 15.5. The van der Waals surface area contributed by atoms with Crippen molar-refractivity contribution >= 4 is 17.8 Å². The van der Waals surface area contributed by atoms with Crippen LogP contribution in [0.1, 0.15) is 31.2 Å². The lowest BCUT2D eigenvalue weighted by Gasteiger charge is -2.40. The van der Waals surface area contributed by atoms with Gasteiger partial charge in [-0.15, -0.1) is 0 Å². The number of hydrogen-bond acceptors (Lipinski definition) is 7. The zero-order valence-corrected chi connectivity index (χ0v) is 23.2. The number of aliphatic carboxylic acids is 2. The van der Waals surface area contributed by atoms with Gasteiger partial charge in [0.15, 0.2) is 0 Å². The molecule has 3 aliphatic rings. The number of ether oxygens (including phenoxy) is 1. The number of amides is 1. The van der Waals surface area contributed by atoms with Crippen LogP contribution in [0.2, 0.25) is 0 Å². The van der Waals surface area contributed by atoms with Crippen molar-refractivity contribution in [1.82, 2.24) is 19.7 Å². The summed E-state index contributed by atoms with van der Waals surface area (Å²) in [5, 5.41) is 14.2. The summed E-state index contributed by atoms with van der Waals surface area (Å²) in [6.45, 7) is 8.31. The number of rotatable bonds is 5. The van der Waals surface area contributed by atoms with Crippen LogP contribution in [-0.4, -0.2) is 125 Å². The summed E-state index contributed by atoms with van der Waals surface area (Å²) in [6, 6.07) is 3.98. The highest BCUT2D eigenvalue weighted by molar-refractivity contribution is 5.76.